The topological polar surface area (TPSA) is 57.9 Å². The molecule has 1 N–H and O–H groups in total. The van der Waals surface area contributed by atoms with Crippen LogP contribution >= 0.6 is 0 Å². The minimum Gasteiger partial charge on any atom is -0.381 e. The fourth-order valence-corrected chi connectivity index (χ4v) is 2.68. The molecule has 0 amide bonds. The van der Waals surface area contributed by atoms with Crippen molar-refractivity contribution in [1.82, 2.24) is 4.98 Å². The predicted octanol–water partition coefficient (Wildman–Crippen LogP) is 1.89. The number of nitrogens with one attached hydrogen (secondary N) is 1. The second kappa shape index (κ2) is 4.95. The van der Waals surface area contributed by atoms with Crippen molar-refractivity contribution in [2.24, 2.45) is 5.92 Å². The van der Waals surface area contributed by atoms with Crippen LogP contribution in [0.15, 0.2) is 6.07 Å². The first-order chi connectivity index (χ1) is 8.86. The lowest BCUT2D eigenvalue weighted by Crippen LogP contribution is -2.16. The number of fused-ring (bicyclic) bond motifs is 1. The van der Waals surface area contributed by atoms with Crippen LogP contribution in [-0.2, 0) is 17.6 Å². The third-order valence-corrected chi connectivity index (χ3v) is 3.75. The number of hydrogen-bond donors (Lipinski definition) is 1. The third-order valence-electron chi connectivity index (χ3n) is 3.75. The molecule has 1 aromatic heterocycles. The molecule has 0 saturated carbocycles. The van der Waals surface area contributed by atoms with E-state index in [0.29, 0.717) is 11.5 Å². The molecule has 1 aromatic rings. The lowest BCUT2D eigenvalue weighted by atomic mass is 10.1. The van der Waals surface area contributed by atoms with Gasteiger partial charge in [0.2, 0.25) is 0 Å². The quantitative estimate of drug-likeness (QED) is 0.880. The van der Waals surface area contributed by atoms with Gasteiger partial charge in [0.05, 0.1) is 12.2 Å². The standard InChI is InChI=1S/C14H17N3O/c15-7-12-6-11-2-1-3-13(11)17-14(12)16-8-10-4-5-18-9-10/h6,10H,1-5,8-9H2,(H,16,17). The molecule has 1 fully saturated rings. The van der Waals surface area contributed by atoms with E-state index in [-0.39, 0.29) is 0 Å². The smallest absolute Gasteiger partial charge is 0.144 e. The Morgan fingerprint density at radius 1 is 1.50 bits per heavy atom. The minimum atomic E-state index is 0.548. The average Bonchev–Trinajstić information content (AvgIpc) is 3.05. The lowest BCUT2D eigenvalue weighted by molar-refractivity contribution is 0.187. The summed E-state index contributed by atoms with van der Waals surface area (Å²) in [6.45, 7) is 2.52. The highest BCUT2D eigenvalue weighted by Gasteiger charge is 2.19. The van der Waals surface area contributed by atoms with E-state index < -0.39 is 0 Å². The normalized spacial score (nSPS) is 21.6. The van der Waals surface area contributed by atoms with Crippen LogP contribution in [0.3, 0.4) is 0 Å². The van der Waals surface area contributed by atoms with E-state index >= 15 is 0 Å². The van der Waals surface area contributed by atoms with E-state index in [2.05, 4.69) is 16.4 Å². The maximum atomic E-state index is 9.19. The Morgan fingerprint density at radius 2 is 2.44 bits per heavy atom. The molecule has 4 nitrogen and oxygen atoms in total. The summed E-state index contributed by atoms with van der Waals surface area (Å²) in [5.74, 6) is 1.30. The van der Waals surface area contributed by atoms with Gasteiger partial charge < -0.3 is 10.1 Å². The van der Waals surface area contributed by atoms with Crippen molar-refractivity contribution >= 4 is 5.82 Å². The summed E-state index contributed by atoms with van der Waals surface area (Å²) in [6, 6.07) is 4.25. The molecule has 2 aliphatic rings. The molecule has 1 unspecified atom stereocenters. The molecule has 1 aliphatic carbocycles. The SMILES string of the molecule is N#Cc1cc2c(nc1NCC1CCOC1)CCC2. The summed E-state index contributed by atoms with van der Waals surface area (Å²) in [6.07, 6.45) is 4.36. The molecule has 94 valence electrons. The van der Waals surface area contributed by atoms with Crippen LogP contribution in [0.25, 0.3) is 0 Å². The number of nitriles is 1. The van der Waals surface area contributed by atoms with Crippen LogP contribution in [0.1, 0.15) is 29.7 Å². The summed E-state index contributed by atoms with van der Waals surface area (Å²) in [5, 5.41) is 12.5. The first-order valence-corrected chi connectivity index (χ1v) is 6.61. The van der Waals surface area contributed by atoms with Gasteiger partial charge in [-0.05, 0) is 37.3 Å². The monoisotopic (exact) mass is 243 g/mol. The Hall–Kier alpha value is -1.60. The van der Waals surface area contributed by atoms with E-state index in [4.69, 9.17) is 4.74 Å². The van der Waals surface area contributed by atoms with E-state index in [1.165, 1.54) is 11.3 Å². The fourth-order valence-electron chi connectivity index (χ4n) is 2.68. The van der Waals surface area contributed by atoms with E-state index in [9.17, 15) is 5.26 Å². The molecule has 1 atom stereocenters. The van der Waals surface area contributed by atoms with Gasteiger partial charge in [-0.25, -0.2) is 4.98 Å². The van der Waals surface area contributed by atoms with Crippen molar-refractivity contribution < 1.29 is 4.74 Å². The van der Waals surface area contributed by atoms with Crippen molar-refractivity contribution in [3.05, 3.63) is 22.9 Å². The van der Waals surface area contributed by atoms with Gasteiger partial charge >= 0.3 is 0 Å². The molecular formula is C14H17N3O. The van der Waals surface area contributed by atoms with Crippen LogP contribution in [0.2, 0.25) is 0 Å². The van der Waals surface area contributed by atoms with Gasteiger partial charge in [0.15, 0.2) is 0 Å². The third kappa shape index (κ3) is 2.19. The maximum Gasteiger partial charge on any atom is 0.144 e. The molecule has 0 radical (unpaired) electrons. The highest BCUT2D eigenvalue weighted by atomic mass is 16.5. The number of nitrogens with zero attached hydrogens (tertiary/aromatic N) is 2. The van der Waals surface area contributed by atoms with E-state index in [1.807, 2.05) is 6.07 Å². The minimum absolute atomic E-state index is 0.548. The second-order valence-corrected chi connectivity index (χ2v) is 5.07. The number of hydrogen-bond acceptors (Lipinski definition) is 4. The van der Waals surface area contributed by atoms with Crippen molar-refractivity contribution in [1.29, 1.82) is 5.26 Å². The Bertz CT molecular complexity index is 487. The molecule has 1 saturated heterocycles. The number of anilines is 1. The van der Waals surface area contributed by atoms with Crippen LogP contribution in [0.5, 0.6) is 0 Å². The van der Waals surface area contributed by atoms with Gasteiger partial charge in [0, 0.05) is 24.8 Å². The van der Waals surface area contributed by atoms with Gasteiger partial charge in [-0.3, -0.25) is 0 Å². The lowest BCUT2D eigenvalue weighted by Gasteiger charge is -2.12. The van der Waals surface area contributed by atoms with Crippen molar-refractivity contribution in [2.75, 3.05) is 25.1 Å². The van der Waals surface area contributed by atoms with Gasteiger partial charge in [-0.2, -0.15) is 5.26 Å². The van der Waals surface area contributed by atoms with Gasteiger partial charge in [0.25, 0.3) is 0 Å². The number of pyridine rings is 1. The molecule has 1 aliphatic heterocycles. The molecule has 0 aromatic carbocycles. The highest BCUT2D eigenvalue weighted by Crippen LogP contribution is 2.25. The Kier molecular flexibility index (Phi) is 3.16. The largest absolute Gasteiger partial charge is 0.381 e. The number of aromatic nitrogens is 1. The molecule has 0 spiro atoms. The first-order valence-electron chi connectivity index (χ1n) is 6.61. The van der Waals surface area contributed by atoms with Crippen molar-refractivity contribution in [3.8, 4) is 6.07 Å². The number of ether oxygens (including phenoxy) is 1. The van der Waals surface area contributed by atoms with Crippen molar-refractivity contribution in [2.45, 2.75) is 25.7 Å². The zero-order chi connectivity index (χ0) is 12.4. The fraction of sp³-hybridized carbons (Fsp3) is 0.571. The highest BCUT2D eigenvalue weighted by molar-refractivity contribution is 5.55. The summed E-state index contributed by atoms with van der Waals surface area (Å²) in [5.41, 5.74) is 3.09. The van der Waals surface area contributed by atoms with Gasteiger partial charge in [0.1, 0.15) is 11.9 Å². The van der Waals surface area contributed by atoms with Crippen LogP contribution in [0.4, 0.5) is 5.82 Å². The van der Waals surface area contributed by atoms with Crippen molar-refractivity contribution in [3.63, 3.8) is 0 Å². The van der Waals surface area contributed by atoms with E-state index in [0.717, 1.165) is 51.3 Å². The molecule has 2 heterocycles. The average molecular weight is 243 g/mol. The van der Waals surface area contributed by atoms with Crippen LogP contribution in [-0.4, -0.2) is 24.7 Å². The van der Waals surface area contributed by atoms with Crippen LogP contribution < -0.4 is 5.32 Å². The Labute approximate surface area is 107 Å². The first kappa shape index (κ1) is 11.5. The molecule has 3 rings (SSSR count). The molecule has 18 heavy (non-hydrogen) atoms. The Morgan fingerprint density at radius 3 is 3.22 bits per heavy atom. The zero-order valence-corrected chi connectivity index (χ0v) is 10.4. The Balaban J connectivity index is 1.76. The number of rotatable bonds is 3. The summed E-state index contributed by atoms with van der Waals surface area (Å²) in [7, 11) is 0. The molecule has 4 heteroatoms. The summed E-state index contributed by atoms with van der Waals surface area (Å²) >= 11 is 0. The zero-order valence-electron chi connectivity index (χ0n) is 10.4. The predicted molar refractivity (Wildman–Crippen MR) is 68.4 cm³/mol. The maximum absolute atomic E-state index is 9.19. The molecular weight excluding hydrogens is 226 g/mol. The summed E-state index contributed by atoms with van der Waals surface area (Å²) in [4.78, 5) is 4.61. The number of aryl methyl sites for hydroxylation is 2. The molecule has 0 bridgehead atoms. The van der Waals surface area contributed by atoms with Gasteiger partial charge in [-0.1, -0.05) is 0 Å². The van der Waals surface area contributed by atoms with Gasteiger partial charge in [-0.15, -0.1) is 0 Å². The van der Waals surface area contributed by atoms with Crippen LogP contribution in [0, 0.1) is 17.2 Å². The second-order valence-electron chi connectivity index (χ2n) is 5.07. The summed E-state index contributed by atoms with van der Waals surface area (Å²) < 4.78 is 5.35. The van der Waals surface area contributed by atoms with E-state index in [1.54, 1.807) is 0 Å².